The molecule has 0 fully saturated rings. The minimum atomic E-state index is -0.445. The summed E-state index contributed by atoms with van der Waals surface area (Å²) in [7, 11) is 0. The molecule has 0 radical (unpaired) electrons. The molecule has 3 aromatic carbocycles. The summed E-state index contributed by atoms with van der Waals surface area (Å²) in [6.07, 6.45) is 1.07. The van der Waals surface area contributed by atoms with Crippen molar-refractivity contribution in [3.8, 4) is 11.5 Å². The zero-order valence-corrected chi connectivity index (χ0v) is 20.3. The Hall–Kier alpha value is -2.93. The average molecular weight is 498 g/mol. The fraction of sp³-hybridized carbons (Fsp3) is 0.160. The molecule has 1 aromatic heterocycles. The lowest BCUT2D eigenvalue weighted by atomic mass is 9.98. The van der Waals surface area contributed by atoms with Gasteiger partial charge in [-0.3, -0.25) is 10.1 Å². The van der Waals surface area contributed by atoms with E-state index >= 15 is 0 Å². The Balaban J connectivity index is 1.44. The third-order valence-electron chi connectivity index (χ3n) is 5.41. The summed E-state index contributed by atoms with van der Waals surface area (Å²) in [5.41, 5.74) is 4.63. The molecule has 0 saturated heterocycles. The quantitative estimate of drug-likeness (QED) is 0.280. The highest BCUT2D eigenvalue weighted by Crippen LogP contribution is 2.29. The maximum atomic E-state index is 12.4. The monoisotopic (exact) mass is 497 g/mol. The maximum Gasteiger partial charge on any atom is 0.258 e. The van der Waals surface area contributed by atoms with Gasteiger partial charge in [-0.15, -0.1) is 0 Å². The van der Waals surface area contributed by atoms with Gasteiger partial charge >= 0.3 is 0 Å². The van der Waals surface area contributed by atoms with E-state index < -0.39 is 5.91 Å². The van der Waals surface area contributed by atoms with Crippen molar-refractivity contribution < 1.29 is 9.21 Å². The molecule has 8 heteroatoms. The van der Waals surface area contributed by atoms with E-state index in [2.05, 4.69) is 41.6 Å². The van der Waals surface area contributed by atoms with Crippen LogP contribution in [0.5, 0.6) is 0 Å². The van der Waals surface area contributed by atoms with E-state index in [1.54, 1.807) is 18.2 Å². The molecule has 0 saturated carbocycles. The molecule has 1 unspecified atom stereocenters. The standard InChI is InChI=1S/C25H21Cl2N3O2S/c1-3-14(2)16-9-12-21-20(13-16)29-24(32-21)15-7-10-17(11-8-15)28-25(33)30-23(31)18-5-4-6-19(26)22(18)27/h4-14H,3H2,1-2H3,(H2,28,30,31,33). The smallest absolute Gasteiger partial charge is 0.258 e. The van der Waals surface area contributed by atoms with Gasteiger partial charge in [0.1, 0.15) is 5.52 Å². The molecule has 33 heavy (non-hydrogen) atoms. The molecule has 0 aliphatic rings. The second kappa shape index (κ2) is 9.91. The van der Waals surface area contributed by atoms with Gasteiger partial charge in [-0.05, 0) is 78.7 Å². The highest BCUT2D eigenvalue weighted by molar-refractivity contribution is 7.80. The molecule has 0 aliphatic carbocycles. The van der Waals surface area contributed by atoms with Crippen molar-refractivity contribution in [3.05, 3.63) is 81.8 Å². The maximum absolute atomic E-state index is 12.4. The lowest BCUT2D eigenvalue weighted by molar-refractivity contribution is 0.0978. The van der Waals surface area contributed by atoms with Gasteiger partial charge in [0.2, 0.25) is 5.89 Å². The van der Waals surface area contributed by atoms with Gasteiger partial charge in [0.15, 0.2) is 10.7 Å². The number of nitrogens with one attached hydrogen (secondary N) is 2. The van der Waals surface area contributed by atoms with E-state index in [1.165, 1.54) is 5.56 Å². The van der Waals surface area contributed by atoms with Crippen molar-refractivity contribution in [2.45, 2.75) is 26.2 Å². The number of halogens is 2. The lowest BCUT2D eigenvalue weighted by Gasteiger charge is -2.11. The molecule has 4 rings (SSSR count). The Labute approximate surface area is 207 Å². The Morgan fingerprint density at radius 2 is 1.88 bits per heavy atom. The van der Waals surface area contributed by atoms with Crippen molar-refractivity contribution in [3.63, 3.8) is 0 Å². The molecule has 5 nitrogen and oxygen atoms in total. The third-order valence-corrected chi connectivity index (χ3v) is 6.43. The van der Waals surface area contributed by atoms with Gasteiger partial charge < -0.3 is 9.73 Å². The number of anilines is 1. The highest BCUT2D eigenvalue weighted by Gasteiger charge is 2.14. The number of benzene rings is 3. The van der Waals surface area contributed by atoms with Crippen LogP contribution >= 0.6 is 35.4 Å². The van der Waals surface area contributed by atoms with E-state index in [0.717, 1.165) is 23.1 Å². The van der Waals surface area contributed by atoms with Crippen LogP contribution in [-0.2, 0) is 0 Å². The first kappa shape index (κ1) is 23.2. The molecule has 0 aliphatic heterocycles. The van der Waals surface area contributed by atoms with Gasteiger partial charge in [-0.1, -0.05) is 49.2 Å². The van der Waals surface area contributed by atoms with E-state index in [-0.39, 0.29) is 15.7 Å². The van der Waals surface area contributed by atoms with E-state index in [4.69, 9.17) is 39.8 Å². The minimum Gasteiger partial charge on any atom is -0.436 e. The van der Waals surface area contributed by atoms with Crippen molar-refractivity contribution in [2.24, 2.45) is 0 Å². The van der Waals surface area contributed by atoms with Crippen molar-refractivity contribution in [2.75, 3.05) is 5.32 Å². The number of carbonyl (C=O) groups is 1. The van der Waals surface area contributed by atoms with Crippen LogP contribution in [0.3, 0.4) is 0 Å². The van der Waals surface area contributed by atoms with Crippen LogP contribution in [0.25, 0.3) is 22.6 Å². The molecular weight excluding hydrogens is 477 g/mol. The zero-order valence-electron chi connectivity index (χ0n) is 18.0. The van der Waals surface area contributed by atoms with E-state index in [1.807, 2.05) is 30.3 Å². The predicted octanol–water partition coefficient (Wildman–Crippen LogP) is 7.44. The Morgan fingerprint density at radius 1 is 1.12 bits per heavy atom. The zero-order chi connectivity index (χ0) is 23.5. The number of oxazole rings is 1. The number of carbonyl (C=O) groups excluding carboxylic acids is 1. The summed E-state index contributed by atoms with van der Waals surface area (Å²) in [6, 6.07) is 18.4. The van der Waals surface area contributed by atoms with Gasteiger partial charge in [-0.25, -0.2) is 4.98 Å². The number of amides is 1. The Morgan fingerprint density at radius 3 is 2.61 bits per heavy atom. The van der Waals surface area contributed by atoms with Crippen LogP contribution in [0, 0.1) is 0 Å². The average Bonchev–Trinajstić information content (AvgIpc) is 3.24. The van der Waals surface area contributed by atoms with Gasteiger partial charge in [0.25, 0.3) is 5.91 Å². The summed E-state index contributed by atoms with van der Waals surface area (Å²) in [6.45, 7) is 4.37. The SMILES string of the molecule is CCC(C)c1ccc2oc(-c3ccc(NC(=S)NC(=O)c4cccc(Cl)c4Cl)cc3)nc2c1. The van der Waals surface area contributed by atoms with Crippen LogP contribution in [0.1, 0.15) is 42.1 Å². The molecule has 2 N–H and O–H groups in total. The normalized spacial score (nSPS) is 11.9. The Bertz CT molecular complexity index is 1340. The topological polar surface area (TPSA) is 67.2 Å². The lowest BCUT2D eigenvalue weighted by Crippen LogP contribution is -2.34. The number of rotatable bonds is 5. The van der Waals surface area contributed by atoms with E-state index in [9.17, 15) is 4.79 Å². The van der Waals surface area contributed by atoms with Crippen molar-refractivity contribution >= 4 is 63.2 Å². The Kier molecular flexibility index (Phi) is 6.98. The summed E-state index contributed by atoms with van der Waals surface area (Å²) in [5, 5.41) is 6.21. The fourth-order valence-electron chi connectivity index (χ4n) is 3.32. The largest absolute Gasteiger partial charge is 0.436 e. The first-order valence-electron chi connectivity index (χ1n) is 10.4. The predicted molar refractivity (Wildman–Crippen MR) is 138 cm³/mol. The molecule has 0 spiro atoms. The van der Waals surface area contributed by atoms with Crippen molar-refractivity contribution in [1.82, 2.24) is 10.3 Å². The second-order valence-electron chi connectivity index (χ2n) is 7.64. The van der Waals surface area contributed by atoms with Gasteiger partial charge in [0.05, 0.1) is 15.6 Å². The van der Waals surface area contributed by atoms with Crippen molar-refractivity contribution in [1.29, 1.82) is 0 Å². The molecular formula is C25H21Cl2N3O2S. The summed E-state index contributed by atoms with van der Waals surface area (Å²) >= 11 is 17.3. The van der Waals surface area contributed by atoms with Gasteiger partial charge in [0, 0.05) is 11.3 Å². The van der Waals surface area contributed by atoms with E-state index in [0.29, 0.717) is 22.5 Å². The van der Waals surface area contributed by atoms with Crippen LogP contribution in [0.4, 0.5) is 5.69 Å². The molecule has 168 valence electrons. The summed E-state index contributed by atoms with van der Waals surface area (Å²) in [4.78, 5) is 17.1. The first-order chi connectivity index (χ1) is 15.9. The second-order valence-corrected chi connectivity index (χ2v) is 8.84. The molecule has 1 heterocycles. The number of thiocarbonyl (C=S) groups is 1. The van der Waals surface area contributed by atoms with Crippen LogP contribution in [0.2, 0.25) is 10.0 Å². The number of fused-ring (bicyclic) bond motifs is 1. The molecule has 4 aromatic rings. The number of hydrogen-bond donors (Lipinski definition) is 2. The number of hydrogen-bond acceptors (Lipinski definition) is 4. The molecule has 0 bridgehead atoms. The third kappa shape index (κ3) is 5.19. The van der Waals surface area contributed by atoms with Crippen LogP contribution in [0.15, 0.2) is 65.1 Å². The number of aromatic nitrogens is 1. The minimum absolute atomic E-state index is 0.142. The molecule has 1 atom stereocenters. The van der Waals surface area contributed by atoms with Crippen LogP contribution < -0.4 is 10.6 Å². The summed E-state index contributed by atoms with van der Waals surface area (Å²) in [5.74, 6) is 0.573. The van der Waals surface area contributed by atoms with Gasteiger partial charge in [-0.2, -0.15) is 0 Å². The van der Waals surface area contributed by atoms with Crippen LogP contribution in [-0.4, -0.2) is 16.0 Å². The first-order valence-corrected chi connectivity index (χ1v) is 11.6. The fourth-order valence-corrected chi connectivity index (χ4v) is 3.92. The number of nitrogens with zero attached hydrogens (tertiary/aromatic N) is 1. The molecule has 1 amide bonds. The highest BCUT2D eigenvalue weighted by atomic mass is 35.5. The summed E-state index contributed by atoms with van der Waals surface area (Å²) < 4.78 is 5.93.